The first kappa shape index (κ1) is 11.9. The lowest BCUT2D eigenvalue weighted by Gasteiger charge is -2.17. The van der Waals surface area contributed by atoms with Crippen molar-refractivity contribution in [2.75, 3.05) is 13.2 Å². The van der Waals surface area contributed by atoms with Crippen molar-refractivity contribution < 1.29 is 9.47 Å². The summed E-state index contributed by atoms with van der Waals surface area (Å²) < 4.78 is 11.2. The van der Waals surface area contributed by atoms with Crippen molar-refractivity contribution in [3.8, 4) is 0 Å². The smallest absolute Gasteiger partial charge is 0.181 e. The predicted octanol–water partition coefficient (Wildman–Crippen LogP) is 2.75. The van der Waals surface area contributed by atoms with Crippen molar-refractivity contribution >= 4 is 5.90 Å². The maximum absolute atomic E-state index is 5.73. The van der Waals surface area contributed by atoms with Crippen LogP contribution in [-0.2, 0) is 9.47 Å². The molecule has 3 nitrogen and oxygen atoms in total. The van der Waals surface area contributed by atoms with Crippen LogP contribution in [0.4, 0.5) is 0 Å². The van der Waals surface area contributed by atoms with Gasteiger partial charge in [-0.2, -0.15) is 0 Å². The molecule has 0 spiro atoms. The lowest BCUT2D eigenvalue weighted by atomic mass is 10.0. The zero-order valence-electron chi connectivity index (χ0n) is 10.0. The summed E-state index contributed by atoms with van der Waals surface area (Å²) in [5, 5.41) is 0. The van der Waals surface area contributed by atoms with Gasteiger partial charge in [-0.1, -0.05) is 36.4 Å². The highest BCUT2D eigenvalue weighted by atomic mass is 16.5. The van der Waals surface area contributed by atoms with Crippen LogP contribution in [0.5, 0.6) is 0 Å². The molecule has 0 N–H and O–H groups in total. The molecular formula is C14H17NO2. The zero-order chi connectivity index (χ0) is 12.1. The molecule has 1 aromatic carbocycles. The van der Waals surface area contributed by atoms with Gasteiger partial charge < -0.3 is 9.47 Å². The number of aliphatic imine (C=N–C) groups is 1. The molecule has 0 amide bonds. The highest BCUT2D eigenvalue weighted by molar-refractivity contribution is 5.75. The van der Waals surface area contributed by atoms with E-state index in [1.807, 2.05) is 25.1 Å². The fourth-order valence-electron chi connectivity index (χ4n) is 1.92. The van der Waals surface area contributed by atoms with Gasteiger partial charge in [-0.25, -0.2) is 4.99 Å². The minimum atomic E-state index is -0.0268. The van der Waals surface area contributed by atoms with E-state index in [9.17, 15) is 0 Å². The fourth-order valence-corrected chi connectivity index (χ4v) is 1.92. The van der Waals surface area contributed by atoms with E-state index in [0.29, 0.717) is 13.2 Å². The summed E-state index contributed by atoms with van der Waals surface area (Å²) in [7, 11) is 0. The molecule has 17 heavy (non-hydrogen) atoms. The largest absolute Gasteiger partial charge is 0.471 e. The topological polar surface area (TPSA) is 30.8 Å². The van der Waals surface area contributed by atoms with Crippen molar-refractivity contribution in [1.29, 1.82) is 0 Å². The van der Waals surface area contributed by atoms with Crippen LogP contribution in [0.2, 0.25) is 0 Å². The van der Waals surface area contributed by atoms with Crippen molar-refractivity contribution in [2.45, 2.75) is 19.1 Å². The molecule has 2 atom stereocenters. The van der Waals surface area contributed by atoms with Crippen LogP contribution >= 0.6 is 0 Å². The highest BCUT2D eigenvalue weighted by Gasteiger charge is 2.30. The Labute approximate surface area is 102 Å². The van der Waals surface area contributed by atoms with Crippen LogP contribution in [0.25, 0.3) is 0 Å². The Balaban J connectivity index is 2.04. The summed E-state index contributed by atoms with van der Waals surface area (Å²) >= 11 is 0. The maximum Gasteiger partial charge on any atom is 0.181 e. The quantitative estimate of drug-likeness (QED) is 0.576. The molecule has 0 aliphatic carbocycles. The van der Waals surface area contributed by atoms with E-state index in [2.05, 4.69) is 23.7 Å². The summed E-state index contributed by atoms with van der Waals surface area (Å²) in [5.74, 6) is 0.728. The third-order valence-corrected chi connectivity index (χ3v) is 2.65. The molecule has 1 aromatic rings. The standard InChI is InChI=1S/C14H17NO2/c1-3-9-16-10-13-14(17-11(2)15-13)12-7-5-4-6-8-12/h3-8,13-14H,1,9-10H2,2H3/t13-,14-/m0/s1. The molecular weight excluding hydrogens is 214 g/mol. The van der Waals surface area contributed by atoms with Gasteiger partial charge >= 0.3 is 0 Å². The van der Waals surface area contributed by atoms with E-state index in [1.165, 1.54) is 0 Å². The van der Waals surface area contributed by atoms with Gasteiger partial charge in [0.15, 0.2) is 5.90 Å². The Bertz CT molecular complexity index is 400. The van der Waals surface area contributed by atoms with E-state index < -0.39 is 0 Å². The van der Waals surface area contributed by atoms with Crippen molar-refractivity contribution in [3.05, 3.63) is 48.6 Å². The van der Waals surface area contributed by atoms with Gasteiger partial charge in [0.25, 0.3) is 0 Å². The molecule has 0 saturated heterocycles. The molecule has 0 saturated carbocycles. The van der Waals surface area contributed by atoms with E-state index in [0.717, 1.165) is 11.5 Å². The molecule has 1 aliphatic rings. The summed E-state index contributed by atoms with van der Waals surface area (Å²) in [4.78, 5) is 4.45. The van der Waals surface area contributed by atoms with Gasteiger partial charge in [-0.15, -0.1) is 6.58 Å². The van der Waals surface area contributed by atoms with Gasteiger partial charge in [0.05, 0.1) is 13.2 Å². The number of benzene rings is 1. The Kier molecular flexibility index (Phi) is 3.94. The number of ether oxygens (including phenoxy) is 2. The van der Waals surface area contributed by atoms with Crippen molar-refractivity contribution in [1.82, 2.24) is 0 Å². The van der Waals surface area contributed by atoms with E-state index in [-0.39, 0.29) is 12.1 Å². The van der Waals surface area contributed by atoms with E-state index in [1.54, 1.807) is 6.08 Å². The first-order valence-electron chi connectivity index (χ1n) is 5.76. The Morgan fingerprint density at radius 3 is 2.88 bits per heavy atom. The monoisotopic (exact) mass is 231 g/mol. The Morgan fingerprint density at radius 1 is 1.41 bits per heavy atom. The third kappa shape index (κ3) is 2.94. The lowest BCUT2D eigenvalue weighted by Crippen LogP contribution is -2.20. The second kappa shape index (κ2) is 5.64. The number of nitrogens with zero attached hydrogens (tertiary/aromatic N) is 1. The van der Waals surface area contributed by atoms with Gasteiger partial charge in [0, 0.05) is 6.92 Å². The molecule has 0 fully saturated rings. The molecule has 1 aliphatic heterocycles. The lowest BCUT2D eigenvalue weighted by molar-refractivity contribution is 0.102. The average Bonchev–Trinajstić information content (AvgIpc) is 2.72. The first-order valence-corrected chi connectivity index (χ1v) is 5.76. The van der Waals surface area contributed by atoms with Crippen molar-refractivity contribution in [3.63, 3.8) is 0 Å². The van der Waals surface area contributed by atoms with Crippen molar-refractivity contribution in [2.24, 2.45) is 4.99 Å². The summed E-state index contributed by atoms with van der Waals surface area (Å²) in [6.45, 7) is 6.61. The minimum absolute atomic E-state index is 0.0268. The third-order valence-electron chi connectivity index (χ3n) is 2.65. The molecule has 2 rings (SSSR count). The van der Waals surface area contributed by atoms with Crippen LogP contribution in [0.15, 0.2) is 48.0 Å². The SMILES string of the molecule is C=CCOC[C@@H]1N=C(C)O[C@H]1c1ccccc1. The molecule has 1 heterocycles. The second-order valence-corrected chi connectivity index (χ2v) is 3.99. The molecule has 0 radical (unpaired) electrons. The highest BCUT2D eigenvalue weighted by Crippen LogP contribution is 2.29. The Morgan fingerprint density at radius 2 is 2.18 bits per heavy atom. The molecule has 90 valence electrons. The van der Waals surface area contributed by atoms with Gasteiger partial charge in [-0.3, -0.25) is 0 Å². The van der Waals surface area contributed by atoms with E-state index in [4.69, 9.17) is 9.47 Å². The minimum Gasteiger partial charge on any atom is -0.471 e. The number of rotatable bonds is 5. The van der Waals surface area contributed by atoms with Crippen LogP contribution in [0.3, 0.4) is 0 Å². The number of hydrogen-bond donors (Lipinski definition) is 0. The first-order chi connectivity index (χ1) is 8.31. The molecule has 3 heteroatoms. The maximum atomic E-state index is 5.73. The van der Waals surface area contributed by atoms with Crippen LogP contribution < -0.4 is 0 Å². The van der Waals surface area contributed by atoms with Gasteiger partial charge in [0.2, 0.25) is 0 Å². The molecule has 0 unspecified atom stereocenters. The normalized spacial score (nSPS) is 23.0. The average molecular weight is 231 g/mol. The summed E-state index contributed by atoms with van der Waals surface area (Å²) in [5.41, 5.74) is 1.14. The zero-order valence-corrected chi connectivity index (χ0v) is 10.0. The molecule has 0 bridgehead atoms. The summed E-state index contributed by atoms with van der Waals surface area (Å²) in [6.07, 6.45) is 1.71. The van der Waals surface area contributed by atoms with Gasteiger partial charge in [0.1, 0.15) is 12.1 Å². The Hall–Kier alpha value is -1.61. The van der Waals surface area contributed by atoms with Gasteiger partial charge in [-0.05, 0) is 5.56 Å². The van der Waals surface area contributed by atoms with Crippen LogP contribution in [-0.4, -0.2) is 25.2 Å². The van der Waals surface area contributed by atoms with Crippen LogP contribution in [0.1, 0.15) is 18.6 Å². The number of hydrogen-bond acceptors (Lipinski definition) is 3. The fraction of sp³-hybridized carbons (Fsp3) is 0.357. The predicted molar refractivity (Wildman–Crippen MR) is 68.2 cm³/mol. The van der Waals surface area contributed by atoms with Crippen LogP contribution in [0, 0.1) is 0 Å². The second-order valence-electron chi connectivity index (χ2n) is 3.99. The summed E-state index contributed by atoms with van der Waals surface area (Å²) in [6, 6.07) is 10.2. The molecule has 0 aromatic heterocycles. The van der Waals surface area contributed by atoms with E-state index >= 15 is 0 Å².